The molecule has 94 valence electrons. The number of likely N-dealkylation sites (tertiary alicyclic amines) is 1. The molecule has 1 aromatic heterocycles. The Labute approximate surface area is 101 Å². The molecule has 0 unspecified atom stereocenters. The molecule has 2 heterocycles. The summed E-state index contributed by atoms with van der Waals surface area (Å²) in [7, 11) is 1.98. The quantitative estimate of drug-likeness (QED) is 0.853. The molecular formula is C12H19N3O2. The number of nitrogens with zero attached hydrogens (tertiary/aromatic N) is 2. The fourth-order valence-corrected chi connectivity index (χ4v) is 2.26. The van der Waals surface area contributed by atoms with Gasteiger partial charge >= 0.3 is 0 Å². The predicted molar refractivity (Wildman–Crippen MR) is 63.7 cm³/mol. The van der Waals surface area contributed by atoms with Crippen LogP contribution in [0, 0.1) is 5.92 Å². The largest absolute Gasteiger partial charge is 0.364 e. The van der Waals surface area contributed by atoms with E-state index in [2.05, 4.69) is 10.5 Å². The molecule has 17 heavy (non-hydrogen) atoms. The summed E-state index contributed by atoms with van der Waals surface area (Å²) >= 11 is 0. The summed E-state index contributed by atoms with van der Waals surface area (Å²) in [5, 5.41) is 6.85. The summed E-state index contributed by atoms with van der Waals surface area (Å²) in [4.78, 5) is 13.8. The Morgan fingerprint density at radius 1 is 1.59 bits per heavy atom. The van der Waals surface area contributed by atoms with Crippen molar-refractivity contribution in [2.45, 2.75) is 19.3 Å². The van der Waals surface area contributed by atoms with Gasteiger partial charge in [-0.1, -0.05) is 5.16 Å². The van der Waals surface area contributed by atoms with Crippen molar-refractivity contribution >= 4 is 5.91 Å². The highest BCUT2D eigenvalue weighted by Crippen LogP contribution is 2.21. The Kier molecular flexibility index (Phi) is 4.14. The molecule has 0 aliphatic carbocycles. The molecule has 2 rings (SSSR count). The van der Waals surface area contributed by atoms with Crippen LogP contribution in [0.2, 0.25) is 0 Å². The first kappa shape index (κ1) is 12.1. The van der Waals surface area contributed by atoms with Crippen molar-refractivity contribution in [1.82, 2.24) is 15.4 Å². The molecule has 5 heteroatoms. The van der Waals surface area contributed by atoms with Gasteiger partial charge in [0.05, 0.1) is 0 Å². The zero-order valence-electron chi connectivity index (χ0n) is 10.2. The summed E-state index contributed by atoms with van der Waals surface area (Å²) in [6.45, 7) is 2.72. The lowest BCUT2D eigenvalue weighted by Crippen LogP contribution is -2.39. The third kappa shape index (κ3) is 3.06. The predicted octanol–water partition coefficient (Wildman–Crippen LogP) is 1.14. The van der Waals surface area contributed by atoms with Crippen LogP contribution in [0.4, 0.5) is 0 Å². The van der Waals surface area contributed by atoms with Gasteiger partial charge in [-0.05, 0) is 38.8 Å². The Hall–Kier alpha value is -1.36. The third-order valence-corrected chi connectivity index (χ3v) is 3.36. The van der Waals surface area contributed by atoms with Crippen molar-refractivity contribution in [2.24, 2.45) is 5.92 Å². The number of nitrogens with one attached hydrogen (secondary N) is 1. The molecule has 1 N–H and O–H groups in total. The van der Waals surface area contributed by atoms with Gasteiger partial charge in [-0.15, -0.1) is 0 Å². The van der Waals surface area contributed by atoms with E-state index in [9.17, 15) is 4.79 Å². The van der Waals surface area contributed by atoms with Crippen molar-refractivity contribution in [3.63, 3.8) is 0 Å². The average Bonchev–Trinajstić information content (AvgIpc) is 2.90. The first-order valence-electron chi connectivity index (χ1n) is 6.15. The molecule has 1 amide bonds. The number of piperidine rings is 1. The zero-order valence-corrected chi connectivity index (χ0v) is 10.2. The molecule has 0 aromatic carbocycles. The molecule has 0 atom stereocenters. The number of carbonyl (C=O) groups is 1. The molecule has 0 bridgehead atoms. The van der Waals surface area contributed by atoms with Crippen LogP contribution in [0.5, 0.6) is 0 Å². The second-order valence-corrected chi connectivity index (χ2v) is 4.51. The number of aromatic nitrogens is 1. The highest BCUT2D eigenvalue weighted by atomic mass is 16.5. The van der Waals surface area contributed by atoms with E-state index in [1.165, 1.54) is 12.7 Å². The van der Waals surface area contributed by atoms with Crippen LogP contribution >= 0.6 is 0 Å². The summed E-state index contributed by atoms with van der Waals surface area (Å²) in [6, 6.07) is 1.62. The maximum absolute atomic E-state index is 12.0. The van der Waals surface area contributed by atoms with E-state index >= 15 is 0 Å². The van der Waals surface area contributed by atoms with Crippen molar-refractivity contribution in [2.75, 3.05) is 26.7 Å². The van der Waals surface area contributed by atoms with E-state index < -0.39 is 0 Å². The van der Waals surface area contributed by atoms with Crippen LogP contribution in [-0.4, -0.2) is 42.6 Å². The lowest BCUT2D eigenvalue weighted by molar-refractivity contribution is 0.0676. The van der Waals surface area contributed by atoms with Gasteiger partial charge < -0.3 is 14.7 Å². The first-order valence-corrected chi connectivity index (χ1v) is 6.15. The fraction of sp³-hybridized carbons (Fsp3) is 0.667. The molecular weight excluding hydrogens is 218 g/mol. The van der Waals surface area contributed by atoms with Crippen LogP contribution in [0.25, 0.3) is 0 Å². The van der Waals surface area contributed by atoms with Gasteiger partial charge in [-0.25, -0.2) is 0 Å². The van der Waals surface area contributed by atoms with Crippen LogP contribution in [0.15, 0.2) is 16.9 Å². The molecule has 1 aliphatic rings. The minimum absolute atomic E-state index is 0.00850. The first-order chi connectivity index (χ1) is 8.31. The Bertz CT molecular complexity index is 343. The Balaban J connectivity index is 1.81. The lowest BCUT2D eigenvalue weighted by Gasteiger charge is -2.31. The van der Waals surface area contributed by atoms with Gasteiger partial charge in [-0.2, -0.15) is 0 Å². The maximum Gasteiger partial charge on any atom is 0.276 e. The lowest BCUT2D eigenvalue weighted by atomic mass is 9.93. The summed E-state index contributed by atoms with van der Waals surface area (Å²) in [5.41, 5.74) is 0.415. The summed E-state index contributed by atoms with van der Waals surface area (Å²) < 4.78 is 4.69. The summed E-state index contributed by atoms with van der Waals surface area (Å²) in [6.07, 6.45) is 4.81. The van der Waals surface area contributed by atoms with Gasteiger partial charge in [0.25, 0.3) is 5.91 Å². The number of amides is 1. The number of carbonyl (C=O) groups excluding carboxylic acids is 1. The van der Waals surface area contributed by atoms with E-state index in [0.29, 0.717) is 5.69 Å². The number of hydrogen-bond donors (Lipinski definition) is 1. The molecule has 1 fully saturated rings. The maximum atomic E-state index is 12.0. The summed E-state index contributed by atoms with van der Waals surface area (Å²) in [5.74, 6) is 0.731. The minimum Gasteiger partial charge on any atom is -0.364 e. The van der Waals surface area contributed by atoms with Crippen molar-refractivity contribution < 1.29 is 9.32 Å². The van der Waals surface area contributed by atoms with E-state index in [1.54, 1.807) is 6.07 Å². The van der Waals surface area contributed by atoms with Crippen LogP contribution in [0.1, 0.15) is 29.8 Å². The topological polar surface area (TPSA) is 58.4 Å². The highest BCUT2D eigenvalue weighted by Gasteiger charge is 2.24. The minimum atomic E-state index is -0.00850. The van der Waals surface area contributed by atoms with Crippen LogP contribution in [0.3, 0.4) is 0 Å². The van der Waals surface area contributed by atoms with Crippen LogP contribution < -0.4 is 5.32 Å². The Morgan fingerprint density at radius 2 is 2.35 bits per heavy atom. The number of hydrogen-bond acceptors (Lipinski definition) is 4. The zero-order chi connectivity index (χ0) is 12.1. The van der Waals surface area contributed by atoms with Crippen LogP contribution in [-0.2, 0) is 0 Å². The Morgan fingerprint density at radius 3 is 2.94 bits per heavy atom. The molecule has 0 radical (unpaired) electrons. The van der Waals surface area contributed by atoms with Crippen molar-refractivity contribution in [3.05, 3.63) is 18.0 Å². The van der Waals surface area contributed by atoms with Crippen molar-refractivity contribution in [1.29, 1.82) is 0 Å². The monoisotopic (exact) mass is 237 g/mol. The van der Waals surface area contributed by atoms with E-state index in [0.717, 1.165) is 38.4 Å². The molecule has 0 saturated carbocycles. The van der Waals surface area contributed by atoms with Gasteiger partial charge in [0, 0.05) is 19.2 Å². The molecule has 5 nitrogen and oxygen atoms in total. The van der Waals surface area contributed by atoms with Crippen molar-refractivity contribution in [3.8, 4) is 0 Å². The fourth-order valence-electron chi connectivity index (χ4n) is 2.26. The van der Waals surface area contributed by atoms with E-state index in [4.69, 9.17) is 4.52 Å². The molecule has 1 saturated heterocycles. The number of rotatable bonds is 4. The molecule has 1 aliphatic heterocycles. The van der Waals surface area contributed by atoms with Gasteiger partial charge in [0.15, 0.2) is 5.69 Å². The van der Waals surface area contributed by atoms with Gasteiger partial charge in [0.1, 0.15) is 6.26 Å². The highest BCUT2D eigenvalue weighted by molar-refractivity contribution is 5.92. The average molecular weight is 237 g/mol. The SMILES string of the molecule is CNCCC1CCN(C(=O)c2ccon2)CC1. The standard InChI is InChI=1S/C12H19N3O2/c1-13-6-2-10-3-7-15(8-4-10)12(16)11-5-9-17-14-11/h5,9-10,13H,2-4,6-8H2,1H3. The van der Waals surface area contributed by atoms with E-state index in [1.807, 2.05) is 11.9 Å². The smallest absolute Gasteiger partial charge is 0.276 e. The van der Waals surface area contributed by atoms with Gasteiger partial charge in [0.2, 0.25) is 0 Å². The molecule has 1 aromatic rings. The second kappa shape index (κ2) is 5.82. The molecule has 0 spiro atoms. The second-order valence-electron chi connectivity index (χ2n) is 4.51. The van der Waals surface area contributed by atoms with E-state index in [-0.39, 0.29) is 5.91 Å². The van der Waals surface area contributed by atoms with Gasteiger partial charge in [-0.3, -0.25) is 4.79 Å². The normalized spacial score (nSPS) is 17.4. The third-order valence-electron chi connectivity index (χ3n) is 3.36.